The molecule has 9 heteroatoms. The van der Waals surface area contributed by atoms with Crippen LogP contribution in [-0.4, -0.2) is 39.3 Å². The van der Waals surface area contributed by atoms with Crippen molar-refractivity contribution >= 4 is 23.2 Å². The summed E-state index contributed by atoms with van der Waals surface area (Å²) in [6.45, 7) is 1.38. The van der Waals surface area contributed by atoms with Crippen LogP contribution in [0.3, 0.4) is 0 Å². The molecule has 1 saturated heterocycles. The van der Waals surface area contributed by atoms with Gasteiger partial charge in [0.2, 0.25) is 5.88 Å². The van der Waals surface area contributed by atoms with Gasteiger partial charge in [0.25, 0.3) is 0 Å². The zero-order valence-electron chi connectivity index (χ0n) is 11.1. The highest BCUT2D eigenvalue weighted by atomic mass is 35.5. The van der Waals surface area contributed by atoms with Crippen molar-refractivity contribution in [3.05, 3.63) is 29.9 Å². The summed E-state index contributed by atoms with van der Waals surface area (Å²) >= 11 is 5.41. The van der Waals surface area contributed by atoms with E-state index in [4.69, 9.17) is 32.5 Å². The molecule has 0 spiro atoms. The lowest BCUT2D eigenvalue weighted by Gasteiger charge is -2.09. The first-order valence-electron chi connectivity index (χ1n) is 6.18. The third-order valence-corrected chi connectivity index (χ3v) is 2.70. The van der Waals surface area contributed by atoms with Gasteiger partial charge in [-0.3, -0.25) is 0 Å². The van der Waals surface area contributed by atoms with Crippen LogP contribution in [0.1, 0.15) is 6.42 Å². The molecule has 0 bridgehead atoms. The summed E-state index contributed by atoms with van der Waals surface area (Å²) in [5.41, 5.74) is 10.7. The summed E-state index contributed by atoms with van der Waals surface area (Å²) in [4.78, 5) is 14.9. The molecule has 1 aliphatic heterocycles. The SMILES string of the molecule is Nc1cc(Cl)ncn1.Nc1cc(OC2CCOC2)ncn1. The van der Waals surface area contributed by atoms with Gasteiger partial charge in [0.05, 0.1) is 13.2 Å². The van der Waals surface area contributed by atoms with Crippen molar-refractivity contribution in [2.45, 2.75) is 12.5 Å². The van der Waals surface area contributed by atoms with Crippen LogP contribution in [-0.2, 0) is 4.74 Å². The highest BCUT2D eigenvalue weighted by Crippen LogP contribution is 2.14. The molecule has 1 atom stereocenters. The van der Waals surface area contributed by atoms with E-state index in [0.29, 0.717) is 29.3 Å². The Morgan fingerprint density at radius 1 is 1.10 bits per heavy atom. The van der Waals surface area contributed by atoms with Gasteiger partial charge in [0.1, 0.15) is 35.5 Å². The Hall–Kier alpha value is -2.19. The number of anilines is 2. The number of rotatable bonds is 2. The standard InChI is InChI=1S/C8H11N3O2.C4H4ClN3/c9-7-3-8(11-5-10-7)13-6-1-2-12-4-6;5-3-1-4(6)8-2-7-3/h3,5-6H,1-2,4H2,(H2,9,10,11);1-2H,(H2,6,7,8). The number of aromatic nitrogens is 4. The third-order valence-electron chi connectivity index (χ3n) is 2.49. The second-order valence-corrected chi connectivity index (χ2v) is 4.54. The maximum absolute atomic E-state index is 5.50. The van der Waals surface area contributed by atoms with Gasteiger partial charge in [-0.05, 0) is 0 Å². The Labute approximate surface area is 126 Å². The summed E-state index contributed by atoms with van der Waals surface area (Å²) < 4.78 is 10.7. The van der Waals surface area contributed by atoms with Gasteiger partial charge in [0.15, 0.2) is 0 Å². The van der Waals surface area contributed by atoms with Gasteiger partial charge in [-0.15, -0.1) is 0 Å². The molecule has 112 valence electrons. The molecule has 3 heterocycles. The highest BCUT2D eigenvalue weighted by molar-refractivity contribution is 6.29. The number of hydrogen-bond acceptors (Lipinski definition) is 8. The van der Waals surface area contributed by atoms with Crippen LogP contribution in [0.5, 0.6) is 5.88 Å². The highest BCUT2D eigenvalue weighted by Gasteiger charge is 2.17. The molecule has 2 aromatic rings. The minimum Gasteiger partial charge on any atom is -0.472 e. The fourth-order valence-corrected chi connectivity index (χ4v) is 1.70. The van der Waals surface area contributed by atoms with E-state index in [1.807, 2.05) is 0 Å². The van der Waals surface area contributed by atoms with Gasteiger partial charge in [-0.2, -0.15) is 0 Å². The summed E-state index contributed by atoms with van der Waals surface area (Å²) in [6, 6.07) is 3.10. The lowest BCUT2D eigenvalue weighted by atomic mass is 10.3. The summed E-state index contributed by atoms with van der Waals surface area (Å²) in [5, 5.41) is 0.373. The van der Waals surface area contributed by atoms with Crippen LogP contribution in [0, 0.1) is 0 Å². The van der Waals surface area contributed by atoms with Crippen molar-refractivity contribution in [3.8, 4) is 5.88 Å². The average molecular weight is 311 g/mol. The molecule has 4 N–H and O–H groups in total. The van der Waals surface area contributed by atoms with Crippen molar-refractivity contribution in [1.82, 2.24) is 19.9 Å². The molecular weight excluding hydrogens is 296 g/mol. The van der Waals surface area contributed by atoms with E-state index >= 15 is 0 Å². The van der Waals surface area contributed by atoms with E-state index in [0.717, 1.165) is 13.0 Å². The molecule has 2 aromatic heterocycles. The second kappa shape index (κ2) is 7.55. The Balaban J connectivity index is 0.000000173. The quantitative estimate of drug-likeness (QED) is 0.786. The van der Waals surface area contributed by atoms with Crippen molar-refractivity contribution in [1.29, 1.82) is 0 Å². The molecule has 0 saturated carbocycles. The molecule has 21 heavy (non-hydrogen) atoms. The van der Waals surface area contributed by atoms with Crippen LogP contribution in [0.25, 0.3) is 0 Å². The van der Waals surface area contributed by atoms with Crippen molar-refractivity contribution in [2.24, 2.45) is 0 Å². The minimum absolute atomic E-state index is 0.106. The molecule has 0 aromatic carbocycles. The van der Waals surface area contributed by atoms with E-state index in [1.165, 1.54) is 18.7 Å². The van der Waals surface area contributed by atoms with E-state index in [9.17, 15) is 0 Å². The average Bonchev–Trinajstić information content (AvgIpc) is 2.92. The monoisotopic (exact) mass is 310 g/mol. The predicted molar refractivity (Wildman–Crippen MR) is 77.8 cm³/mol. The van der Waals surface area contributed by atoms with Gasteiger partial charge in [-0.1, -0.05) is 11.6 Å². The van der Waals surface area contributed by atoms with Crippen LogP contribution < -0.4 is 16.2 Å². The van der Waals surface area contributed by atoms with Gasteiger partial charge in [-0.25, -0.2) is 19.9 Å². The van der Waals surface area contributed by atoms with E-state index in [1.54, 1.807) is 6.07 Å². The Morgan fingerprint density at radius 2 is 1.81 bits per heavy atom. The van der Waals surface area contributed by atoms with Crippen molar-refractivity contribution in [2.75, 3.05) is 24.7 Å². The van der Waals surface area contributed by atoms with Crippen LogP contribution >= 0.6 is 11.6 Å². The largest absolute Gasteiger partial charge is 0.472 e. The van der Waals surface area contributed by atoms with Crippen molar-refractivity contribution in [3.63, 3.8) is 0 Å². The van der Waals surface area contributed by atoms with Crippen LogP contribution in [0.15, 0.2) is 24.8 Å². The van der Waals surface area contributed by atoms with E-state index in [-0.39, 0.29) is 6.10 Å². The van der Waals surface area contributed by atoms with Gasteiger partial charge < -0.3 is 20.9 Å². The number of nitrogens with two attached hydrogens (primary N) is 2. The second-order valence-electron chi connectivity index (χ2n) is 4.15. The summed E-state index contributed by atoms with van der Waals surface area (Å²) in [6.07, 6.45) is 3.72. The molecule has 0 radical (unpaired) electrons. The fraction of sp³-hybridized carbons (Fsp3) is 0.333. The molecule has 0 aliphatic carbocycles. The molecule has 8 nitrogen and oxygen atoms in total. The normalized spacial score (nSPS) is 16.9. The third kappa shape index (κ3) is 5.36. The van der Waals surface area contributed by atoms with Gasteiger partial charge in [0, 0.05) is 18.6 Å². The van der Waals surface area contributed by atoms with E-state index < -0.39 is 0 Å². The zero-order valence-corrected chi connectivity index (χ0v) is 11.9. The maximum atomic E-state index is 5.50. The number of nitrogens with zero attached hydrogens (tertiary/aromatic N) is 4. The summed E-state index contributed by atoms with van der Waals surface area (Å²) in [7, 11) is 0. The lowest BCUT2D eigenvalue weighted by molar-refractivity contribution is 0.138. The first-order valence-corrected chi connectivity index (χ1v) is 6.56. The summed E-state index contributed by atoms with van der Waals surface area (Å²) in [5.74, 6) is 1.33. The molecular formula is C12H15ClN6O2. The zero-order chi connectivity index (χ0) is 15.1. The first-order chi connectivity index (χ1) is 10.1. The molecule has 1 aliphatic rings. The molecule has 1 unspecified atom stereocenters. The maximum Gasteiger partial charge on any atom is 0.218 e. The fourth-order valence-electron chi connectivity index (χ4n) is 1.54. The molecule has 3 rings (SSSR count). The number of ether oxygens (including phenoxy) is 2. The Kier molecular flexibility index (Phi) is 5.47. The Morgan fingerprint density at radius 3 is 2.33 bits per heavy atom. The minimum atomic E-state index is 0.106. The van der Waals surface area contributed by atoms with Crippen LogP contribution in [0.2, 0.25) is 5.15 Å². The van der Waals surface area contributed by atoms with Gasteiger partial charge >= 0.3 is 0 Å². The molecule has 1 fully saturated rings. The number of halogens is 1. The number of nitrogen functional groups attached to an aromatic ring is 2. The topological polar surface area (TPSA) is 122 Å². The Bertz CT molecular complexity index is 562. The number of hydrogen-bond donors (Lipinski definition) is 2. The predicted octanol–water partition coefficient (Wildman–Crippen LogP) is 0.939. The smallest absolute Gasteiger partial charge is 0.218 e. The molecule has 0 amide bonds. The first kappa shape index (κ1) is 15.2. The van der Waals surface area contributed by atoms with E-state index in [2.05, 4.69) is 19.9 Å². The van der Waals surface area contributed by atoms with Crippen molar-refractivity contribution < 1.29 is 9.47 Å². The van der Waals surface area contributed by atoms with Crippen LogP contribution in [0.4, 0.5) is 11.6 Å². The lowest BCUT2D eigenvalue weighted by Crippen LogP contribution is -2.16.